The zero-order chi connectivity index (χ0) is 37.8. The molecule has 16 nitrogen and oxygen atoms in total. The van der Waals surface area contributed by atoms with Crippen LogP contribution in [0.25, 0.3) is 0 Å². The highest BCUT2D eigenvalue weighted by Crippen LogP contribution is 2.19. The predicted molar refractivity (Wildman–Crippen MR) is 188 cm³/mol. The fraction of sp³-hybridized carbons (Fsp3) is 0.588. The minimum atomic E-state index is -1.40. The smallest absolute Gasteiger partial charge is 0.326 e. The molecule has 5 amide bonds. The molecule has 0 fully saturated rings. The van der Waals surface area contributed by atoms with Gasteiger partial charge in [0.1, 0.15) is 36.0 Å². The Labute approximate surface area is 293 Å². The number of phenols is 1. The SMILES string of the molecule is C=CC[C@H](NC(=O)[C@H](CCCCN)NC(=O)[C@H](CCCCN)NC(=O)[C@H](C)N)C(=O)N[C@H](C(=O)N[C@@H](CC(C)C)C(=O)O)c1ccc(O)cc1. The van der Waals surface area contributed by atoms with Gasteiger partial charge in [-0.25, -0.2) is 4.79 Å². The summed E-state index contributed by atoms with van der Waals surface area (Å²) in [5, 5.41) is 32.5. The van der Waals surface area contributed by atoms with Gasteiger partial charge in [0.2, 0.25) is 29.5 Å². The second kappa shape index (κ2) is 23.0. The first kappa shape index (κ1) is 43.5. The third-order valence-electron chi connectivity index (χ3n) is 7.71. The second-order valence-electron chi connectivity index (χ2n) is 12.6. The maximum atomic E-state index is 13.7. The molecule has 50 heavy (non-hydrogen) atoms. The Morgan fingerprint density at radius 1 is 0.700 bits per heavy atom. The van der Waals surface area contributed by atoms with Gasteiger partial charge in [-0.05, 0) is 95.0 Å². The van der Waals surface area contributed by atoms with Crippen LogP contribution in [-0.2, 0) is 28.8 Å². The summed E-state index contributed by atoms with van der Waals surface area (Å²) in [6, 6.07) is -1.47. The van der Waals surface area contributed by atoms with Gasteiger partial charge in [-0.15, -0.1) is 6.58 Å². The highest BCUT2D eigenvalue weighted by molar-refractivity contribution is 5.96. The molecule has 0 spiro atoms. The standard InChI is InChI=1S/C34H56N8O8/c1-5-10-24(32(47)42-28(22-13-15-23(43)16-14-22)33(48)41-27(34(49)50)19-20(2)3)39-31(46)26(12-7-9-18-36)40-30(45)25(11-6-8-17-35)38-29(44)21(4)37/h5,13-16,20-21,24-28,43H,1,6-12,17-19,35-37H2,2-4H3,(H,38,44)(H,39,46)(H,40,45)(H,41,48)(H,42,47)(H,49,50)/t21-,24-,25-,26-,27-,28-/m0/s1. The van der Waals surface area contributed by atoms with E-state index in [0.29, 0.717) is 38.8 Å². The topological polar surface area (TPSA) is 281 Å². The van der Waals surface area contributed by atoms with Crippen LogP contribution in [-0.4, -0.2) is 89.0 Å². The highest BCUT2D eigenvalue weighted by atomic mass is 16.4. The molecule has 6 atom stereocenters. The predicted octanol–water partition coefficient (Wildman–Crippen LogP) is -0.199. The highest BCUT2D eigenvalue weighted by Gasteiger charge is 2.33. The summed E-state index contributed by atoms with van der Waals surface area (Å²) >= 11 is 0. The lowest BCUT2D eigenvalue weighted by molar-refractivity contribution is -0.143. The van der Waals surface area contributed by atoms with E-state index in [4.69, 9.17) is 17.2 Å². The lowest BCUT2D eigenvalue weighted by Gasteiger charge is -2.27. The number of nitrogens with two attached hydrogens (primary N) is 3. The Kier molecular flexibility index (Phi) is 20.0. The summed E-state index contributed by atoms with van der Waals surface area (Å²) in [6.07, 6.45) is 4.02. The number of carbonyl (C=O) groups is 6. The number of nitrogens with one attached hydrogen (secondary N) is 5. The van der Waals surface area contributed by atoms with Gasteiger partial charge in [0.15, 0.2) is 0 Å². The van der Waals surface area contributed by atoms with Crippen molar-refractivity contribution < 1.29 is 39.0 Å². The van der Waals surface area contributed by atoms with Crippen LogP contribution in [0, 0.1) is 5.92 Å². The Morgan fingerprint density at radius 3 is 1.60 bits per heavy atom. The summed E-state index contributed by atoms with van der Waals surface area (Å²) in [5.41, 5.74) is 17.2. The van der Waals surface area contributed by atoms with E-state index in [1.807, 2.05) is 0 Å². The third-order valence-corrected chi connectivity index (χ3v) is 7.71. The van der Waals surface area contributed by atoms with Crippen LogP contribution in [0.2, 0.25) is 0 Å². The van der Waals surface area contributed by atoms with Gasteiger partial charge in [0, 0.05) is 0 Å². The summed E-state index contributed by atoms with van der Waals surface area (Å²) in [7, 11) is 0. The van der Waals surface area contributed by atoms with Crippen molar-refractivity contribution in [3.05, 3.63) is 42.5 Å². The van der Waals surface area contributed by atoms with Crippen LogP contribution in [0.1, 0.15) is 83.7 Å². The number of hydrogen-bond acceptors (Lipinski definition) is 10. The fourth-order valence-electron chi connectivity index (χ4n) is 4.93. The number of amides is 5. The van der Waals surface area contributed by atoms with Crippen molar-refractivity contribution in [2.75, 3.05) is 13.1 Å². The van der Waals surface area contributed by atoms with E-state index in [0.717, 1.165) is 0 Å². The average Bonchev–Trinajstić information content (AvgIpc) is 3.05. The van der Waals surface area contributed by atoms with E-state index < -0.39 is 71.8 Å². The van der Waals surface area contributed by atoms with E-state index in [9.17, 15) is 39.0 Å². The van der Waals surface area contributed by atoms with Crippen molar-refractivity contribution >= 4 is 35.5 Å². The fourth-order valence-corrected chi connectivity index (χ4v) is 4.93. The number of hydrogen-bond donors (Lipinski definition) is 10. The van der Waals surface area contributed by atoms with Crippen molar-refractivity contribution in [2.24, 2.45) is 23.1 Å². The van der Waals surface area contributed by atoms with Crippen LogP contribution >= 0.6 is 0 Å². The van der Waals surface area contributed by atoms with Gasteiger partial charge >= 0.3 is 5.97 Å². The summed E-state index contributed by atoms with van der Waals surface area (Å²) in [6.45, 7) is 9.47. The number of unbranched alkanes of at least 4 members (excludes halogenated alkanes) is 2. The van der Waals surface area contributed by atoms with Gasteiger partial charge < -0.3 is 54.0 Å². The Hall–Kier alpha value is -4.54. The molecule has 13 N–H and O–H groups in total. The lowest BCUT2D eigenvalue weighted by atomic mass is 10.0. The molecular weight excluding hydrogens is 648 g/mol. The Bertz CT molecular complexity index is 1270. The number of phenolic OH excluding ortho intramolecular Hbond substituents is 1. The van der Waals surface area contributed by atoms with Gasteiger partial charge in [-0.1, -0.05) is 32.1 Å². The van der Waals surface area contributed by atoms with E-state index in [1.54, 1.807) is 13.8 Å². The quantitative estimate of drug-likeness (QED) is 0.0497. The Morgan fingerprint density at radius 2 is 1.16 bits per heavy atom. The molecule has 0 radical (unpaired) electrons. The Balaban J connectivity index is 3.31. The van der Waals surface area contributed by atoms with Gasteiger partial charge in [0.25, 0.3) is 0 Å². The van der Waals surface area contributed by atoms with E-state index in [2.05, 4.69) is 33.2 Å². The molecule has 0 heterocycles. The molecule has 16 heteroatoms. The summed E-state index contributed by atoms with van der Waals surface area (Å²) in [5.74, 6) is -4.89. The number of carbonyl (C=O) groups excluding carboxylic acids is 5. The molecule has 1 aromatic carbocycles. The zero-order valence-electron chi connectivity index (χ0n) is 29.3. The summed E-state index contributed by atoms with van der Waals surface area (Å²) in [4.78, 5) is 78.4. The number of benzene rings is 1. The first-order valence-electron chi connectivity index (χ1n) is 16.9. The minimum absolute atomic E-state index is 0.0645. The number of rotatable bonds is 24. The van der Waals surface area contributed by atoms with Crippen LogP contribution in [0.15, 0.2) is 36.9 Å². The molecular formula is C34H56N8O8. The van der Waals surface area contributed by atoms with Gasteiger partial charge in [-0.2, -0.15) is 0 Å². The monoisotopic (exact) mass is 704 g/mol. The van der Waals surface area contributed by atoms with Gasteiger partial charge in [-0.3, -0.25) is 24.0 Å². The molecule has 0 aliphatic heterocycles. The van der Waals surface area contributed by atoms with E-state index >= 15 is 0 Å². The van der Waals surface area contributed by atoms with Crippen molar-refractivity contribution in [1.82, 2.24) is 26.6 Å². The molecule has 0 aliphatic rings. The molecule has 1 aromatic rings. The van der Waals surface area contributed by atoms with E-state index in [1.165, 1.54) is 37.3 Å². The number of aliphatic carboxylic acids is 1. The largest absolute Gasteiger partial charge is 0.508 e. The van der Waals surface area contributed by atoms with Gasteiger partial charge in [0.05, 0.1) is 6.04 Å². The molecule has 0 saturated carbocycles. The lowest BCUT2D eigenvalue weighted by Crippen LogP contribution is -2.58. The van der Waals surface area contributed by atoms with Crippen LogP contribution in [0.3, 0.4) is 0 Å². The van der Waals surface area contributed by atoms with Crippen molar-refractivity contribution in [1.29, 1.82) is 0 Å². The molecule has 0 saturated heterocycles. The first-order valence-corrected chi connectivity index (χ1v) is 16.9. The van der Waals surface area contributed by atoms with E-state index in [-0.39, 0.29) is 42.9 Å². The zero-order valence-corrected chi connectivity index (χ0v) is 29.3. The molecule has 1 rings (SSSR count). The van der Waals surface area contributed by atoms with Crippen LogP contribution in [0.5, 0.6) is 5.75 Å². The maximum Gasteiger partial charge on any atom is 0.326 e. The third kappa shape index (κ3) is 15.8. The molecule has 0 aromatic heterocycles. The summed E-state index contributed by atoms with van der Waals surface area (Å²) < 4.78 is 0. The molecule has 0 bridgehead atoms. The normalized spacial score (nSPS) is 14.6. The molecule has 0 unspecified atom stereocenters. The first-order chi connectivity index (χ1) is 23.6. The minimum Gasteiger partial charge on any atom is -0.508 e. The average molecular weight is 705 g/mol. The van der Waals surface area contributed by atoms with Crippen LogP contribution in [0.4, 0.5) is 0 Å². The second-order valence-corrected chi connectivity index (χ2v) is 12.6. The van der Waals surface area contributed by atoms with Crippen molar-refractivity contribution in [3.8, 4) is 5.75 Å². The number of aromatic hydroxyl groups is 1. The number of carboxylic acid groups (broad SMARTS) is 1. The number of carboxylic acids is 1. The maximum absolute atomic E-state index is 13.7. The van der Waals surface area contributed by atoms with Crippen molar-refractivity contribution in [3.63, 3.8) is 0 Å². The van der Waals surface area contributed by atoms with Crippen LogP contribution < -0.4 is 43.8 Å². The molecule has 280 valence electrons. The molecule has 0 aliphatic carbocycles. The van der Waals surface area contributed by atoms with Crippen molar-refractivity contribution in [2.45, 2.75) is 108 Å².